The van der Waals surface area contributed by atoms with Crippen molar-refractivity contribution in [3.63, 3.8) is 0 Å². The van der Waals surface area contributed by atoms with Crippen molar-refractivity contribution in [1.82, 2.24) is 14.9 Å². The van der Waals surface area contributed by atoms with E-state index in [0.29, 0.717) is 18.7 Å². The second-order valence-electron chi connectivity index (χ2n) is 4.13. The number of nitrogens with one attached hydrogen (secondary N) is 1. The zero-order valence-electron chi connectivity index (χ0n) is 10.5. The minimum atomic E-state index is 0.102. The number of rotatable bonds is 5. The number of amides is 1. The first-order valence-corrected chi connectivity index (χ1v) is 5.67. The number of aromatic amines is 1. The largest absolute Gasteiger partial charge is 0.349 e. The number of carbonyl (C=O) groups excluding carboxylic acids is 1. The average molecular weight is 245 g/mol. The third-order valence-corrected chi connectivity index (χ3v) is 2.52. The molecule has 0 atom stereocenters. The van der Waals surface area contributed by atoms with E-state index < -0.39 is 0 Å². The molecule has 1 amide bonds. The third-order valence-electron chi connectivity index (χ3n) is 2.52. The second-order valence-corrected chi connectivity index (χ2v) is 4.13. The summed E-state index contributed by atoms with van der Waals surface area (Å²) in [5.74, 6) is 0.727. The SMILES string of the molecule is CN(C)C(=O)CCCCc1nc(C#N)c(C#N)[nH]1. The zero-order valence-corrected chi connectivity index (χ0v) is 10.5. The number of aromatic nitrogens is 2. The molecule has 6 heteroatoms. The molecule has 1 aromatic heterocycles. The Morgan fingerprint density at radius 2 is 2.06 bits per heavy atom. The minimum absolute atomic E-state index is 0.102. The van der Waals surface area contributed by atoms with Crippen LogP contribution in [0.1, 0.15) is 36.5 Å². The predicted molar refractivity (Wildman–Crippen MR) is 64.3 cm³/mol. The van der Waals surface area contributed by atoms with Gasteiger partial charge in [0.2, 0.25) is 5.91 Å². The molecule has 0 aliphatic carbocycles. The highest BCUT2D eigenvalue weighted by Gasteiger charge is 2.09. The van der Waals surface area contributed by atoms with Crippen LogP contribution in [0.4, 0.5) is 0 Å². The molecule has 1 heterocycles. The first kappa shape index (κ1) is 13.7. The number of imidazole rings is 1. The summed E-state index contributed by atoms with van der Waals surface area (Å²) in [6.07, 6.45) is 2.70. The number of nitriles is 2. The fraction of sp³-hybridized carbons (Fsp3) is 0.500. The van der Waals surface area contributed by atoms with Crippen LogP contribution >= 0.6 is 0 Å². The zero-order chi connectivity index (χ0) is 13.5. The lowest BCUT2D eigenvalue weighted by atomic mass is 10.2. The summed E-state index contributed by atoms with van der Waals surface area (Å²) in [6, 6.07) is 3.75. The van der Waals surface area contributed by atoms with Crippen LogP contribution in [0.15, 0.2) is 0 Å². The average Bonchev–Trinajstić information content (AvgIpc) is 2.76. The minimum Gasteiger partial charge on any atom is -0.349 e. The summed E-state index contributed by atoms with van der Waals surface area (Å²) in [5.41, 5.74) is 0.341. The Kier molecular flexibility index (Phi) is 4.89. The smallest absolute Gasteiger partial charge is 0.222 e. The highest BCUT2D eigenvalue weighted by atomic mass is 16.2. The van der Waals surface area contributed by atoms with Gasteiger partial charge in [0.1, 0.15) is 18.0 Å². The second kappa shape index (κ2) is 6.41. The molecular weight excluding hydrogens is 230 g/mol. The first-order chi connectivity index (χ1) is 8.58. The third kappa shape index (κ3) is 3.60. The van der Waals surface area contributed by atoms with E-state index in [1.807, 2.05) is 12.1 Å². The number of unbranched alkanes of at least 4 members (excludes halogenated alkanes) is 1. The van der Waals surface area contributed by atoms with Crippen LogP contribution in [0.25, 0.3) is 0 Å². The van der Waals surface area contributed by atoms with E-state index >= 15 is 0 Å². The lowest BCUT2D eigenvalue weighted by Crippen LogP contribution is -2.21. The van der Waals surface area contributed by atoms with Gasteiger partial charge in [0.15, 0.2) is 11.4 Å². The molecule has 0 saturated heterocycles. The molecule has 0 unspecified atom stereocenters. The molecular formula is C12H15N5O. The van der Waals surface area contributed by atoms with Gasteiger partial charge < -0.3 is 9.88 Å². The Hall–Kier alpha value is -2.34. The Morgan fingerprint density at radius 1 is 1.33 bits per heavy atom. The van der Waals surface area contributed by atoms with Gasteiger partial charge in [0.05, 0.1) is 0 Å². The van der Waals surface area contributed by atoms with Gasteiger partial charge in [0, 0.05) is 26.9 Å². The standard InChI is InChI=1S/C12H15N5O/c1-17(2)12(18)6-4-3-5-11-15-9(7-13)10(8-14)16-11/h3-6H2,1-2H3,(H,15,16). The Bertz CT molecular complexity index is 472. The van der Waals surface area contributed by atoms with Crippen molar-refractivity contribution in [3.05, 3.63) is 17.2 Å². The molecule has 0 aliphatic rings. The van der Waals surface area contributed by atoms with Crippen molar-refractivity contribution < 1.29 is 4.79 Å². The van der Waals surface area contributed by atoms with Gasteiger partial charge >= 0.3 is 0 Å². The number of aryl methyl sites for hydroxylation is 1. The van der Waals surface area contributed by atoms with E-state index in [1.165, 1.54) is 0 Å². The normalized spacial score (nSPS) is 9.56. The molecule has 0 aromatic carbocycles. The van der Waals surface area contributed by atoms with Crippen molar-refractivity contribution in [2.45, 2.75) is 25.7 Å². The maximum absolute atomic E-state index is 11.3. The molecule has 0 fully saturated rings. The van der Waals surface area contributed by atoms with Crippen LogP contribution in [-0.4, -0.2) is 34.9 Å². The maximum atomic E-state index is 11.3. The Morgan fingerprint density at radius 3 is 2.56 bits per heavy atom. The molecule has 0 bridgehead atoms. The molecule has 0 aliphatic heterocycles. The molecule has 1 rings (SSSR count). The van der Waals surface area contributed by atoms with Crippen LogP contribution in [0.5, 0.6) is 0 Å². The highest BCUT2D eigenvalue weighted by molar-refractivity contribution is 5.75. The molecule has 0 saturated carbocycles. The van der Waals surface area contributed by atoms with Gasteiger partial charge in [-0.15, -0.1) is 0 Å². The van der Waals surface area contributed by atoms with Gasteiger partial charge in [-0.05, 0) is 12.8 Å². The van der Waals surface area contributed by atoms with E-state index in [2.05, 4.69) is 9.97 Å². The number of H-pyrrole nitrogens is 1. The molecule has 6 nitrogen and oxygen atoms in total. The summed E-state index contributed by atoms with van der Waals surface area (Å²) < 4.78 is 0. The molecule has 94 valence electrons. The van der Waals surface area contributed by atoms with Crippen LogP contribution < -0.4 is 0 Å². The quantitative estimate of drug-likeness (QED) is 0.781. The molecule has 0 spiro atoms. The van der Waals surface area contributed by atoms with Crippen molar-refractivity contribution in [1.29, 1.82) is 10.5 Å². The lowest BCUT2D eigenvalue weighted by molar-refractivity contribution is -0.128. The fourth-order valence-electron chi connectivity index (χ4n) is 1.49. The topological polar surface area (TPSA) is 96.6 Å². The fourth-order valence-corrected chi connectivity index (χ4v) is 1.49. The van der Waals surface area contributed by atoms with Crippen molar-refractivity contribution in [3.8, 4) is 12.1 Å². The predicted octanol–water partition coefficient (Wildman–Crippen LogP) is 0.954. The number of carbonyl (C=O) groups is 1. The van der Waals surface area contributed by atoms with E-state index in [4.69, 9.17) is 10.5 Å². The van der Waals surface area contributed by atoms with E-state index in [0.717, 1.165) is 12.8 Å². The van der Waals surface area contributed by atoms with E-state index in [9.17, 15) is 4.79 Å². The summed E-state index contributed by atoms with van der Waals surface area (Å²) in [5, 5.41) is 17.5. The lowest BCUT2D eigenvalue weighted by Gasteiger charge is -2.09. The van der Waals surface area contributed by atoms with Gasteiger partial charge in [-0.2, -0.15) is 10.5 Å². The van der Waals surface area contributed by atoms with E-state index in [1.54, 1.807) is 19.0 Å². The van der Waals surface area contributed by atoms with Gasteiger partial charge in [0.25, 0.3) is 0 Å². The number of hydrogen-bond acceptors (Lipinski definition) is 4. The molecule has 0 radical (unpaired) electrons. The van der Waals surface area contributed by atoms with Crippen LogP contribution in [0.2, 0.25) is 0 Å². The maximum Gasteiger partial charge on any atom is 0.222 e. The van der Waals surface area contributed by atoms with Crippen molar-refractivity contribution >= 4 is 5.91 Å². The molecule has 1 N–H and O–H groups in total. The summed E-state index contributed by atoms with van der Waals surface area (Å²) in [6.45, 7) is 0. The molecule has 1 aromatic rings. The van der Waals surface area contributed by atoms with Gasteiger partial charge in [-0.25, -0.2) is 4.98 Å². The van der Waals surface area contributed by atoms with E-state index in [-0.39, 0.29) is 17.3 Å². The van der Waals surface area contributed by atoms with Gasteiger partial charge in [-0.1, -0.05) is 0 Å². The summed E-state index contributed by atoms with van der Waals surface area (Å²) in [4.78, 5) is 19.7. The number of hydrogen-bond donors (Lipinski definition) is 1. The van der Waals surface area contributed by atoms with Crippen LogP contribution in [0.3, 0.4) is 0 Å². The van der Waals surface area contributed by atoms with Crippen molar-refractivity contribution in [2.24, 2.45) is 0 Å². The monoisotopic (exact) mass is 245 g/mol. The van der Waals surface area contributed by atoms with Crippen LogP contribution in [0, 0.1) is 22.7 Å². The van der Waals surface area contributed by atoms with Gasteiger partial charge in [-0.3, -0.25) is 4.79 Å². The summed E-state index contributed by atoms with van der Waals surface area (Å²) >= 11 is 0. The molecule has 18 heavy (non-hydrogen) atoms. The Balaban J connectivity index is 2.41. The van der Waals surface area contributed by atoms with Crippen molar-refractivity contribution in [2.75, 3.05) is 14.1 Å². The summed E-state index contributed by atoms with van der Waals surface area (Å²) in [7, 11) is 3.46. The van der Waals surface area contributed by atoms with Crippen LogP contribution in [-0.2, 0) is 11.2 Å². The Labute approximate surface area is 106 Å². The number of nitrogens with zero attached hydrogens (tertiary/aromatic N) is 4. The highest BCUT2D eigenvalue weighted by Crippen LogP contribution is 2.08. The first-order valence-electron chi connectivity index (χ1n) is 5.67.